The van der Waals surface area contributed by atoms with Gasteiger partial charge in [-0.2, -0.15) is 0 Å². The maximum Gasteiger partial charge on any atom is 0.343 e. The molecule has 0 unspecified atom stereocenters. The van der Waals surface area contributed by atoms with Crippen LogP contribution in [-0.4, -0.2) is 22.2 Å². The predicted octanol–water partition coefficient (Wildman–Crippen LogP) is 3.11. The van der Waals surface area contributed by atoms with E-state index in [0.717, 1.165) is 0 Å². The van der Waals surface area contributed by atoms with Crippen molar-refractivity contribution in [1.82, 2.24) is 0 Å². The normalized spacial score (nSPS) is 10.4. The van der Waals surface area contributed by atoms with E-state index in [9.17, 15) is 9.59 Å². The summed E-state index contributed by atoms with van der Waals surface area (Å²) in [5.41, 5.74) is 1.61. The Kier molecular flexibility index (Phi) is 6.16. The molecule has 3 aromatic carbocycles. The monoisotopic (exact) mass is 378 g/mol. The van der Waals surface area contributed by atoms with E-state index in [1.165, 1.54) is 18.2 Å². The van der Waals surface area contributed by atoms with Gasteiger partial charge in [0.2, 0.25) is 0 Å². The number of aliphatic hydroxyl groups is 2. The highest BCUT2D eigenvalue weighted by Gasteiger charge is 2.14. The first-order valence-corrected chi connectivity index (χ1v) is 8.53. The molecule has 0 bridgehead atoms. The van der Waals surface area contributed by atoms with E-state index in [0.29, 0.717) is 22.6 Å². The average Bonchev–Trinajstić information content (AvgIpc) is 2.74. The lowest BCUT2D eigenvalue weighted by molar-refractivity contribution is 0.0734. The Morgan fingerprint density at radius 3 is 1.50 bits per heavy atom. The highest BCUT2D eigenvalue weighted by Crippen LogP contribution is 2.18. The largest absolute Gasteiger partial charge is 0.423 e. The average molecular weight is 378 g/mol. The topological polar surface area (TPSA) is 93.1 Å². The van der Waals surface area contributed by atoms with Gasteiger partial charge in [0.05, 0.1) is 24.3 Å². The zero-order valence-corrected chi connectivity index (χ0v) is 14.9. The quantitative estimate of drug-likeness (QED) is 0.506. The lowest BCUT2D eigenvalue weighted by Gasteiger charge is -2.08. The van der Waals surface area contributed by atoms with E-state index < -0.39 is 11.9 Å². The van der Waals surface area contributed by atoms with Gasteiger partial charge in [-0.15, -0.1) is 0 Å². The van der Waals surface area contributed by atoms with E-state index in [1.54, 1.807) is 54.6 Å². The Balaban J connectivity index is 1.73. The summed E-state index contributed by atoms with van der Waals surface area (Å²) in [6, 6.07) is 19.1. The third kappa shape index (κ3) is 4.82. The minimum atomic E-state index is -0.632. The van der Waals surface area contributed by atoms with Crippen LogP contribution >= 0.6 is 0 Å². The summed E-state index contributed by atoms with van der Waals surface area (Å²) in [5.74, 6) is -0.672. The van der Waals surface area contributed by atoms with Gasteiger partial charge in [0, 0.05) is 0 Å². The molecular weight excluding hydrogens is 360 g/mol. The summed E-state index contributed by atoms with van der Waals surface area (Å²) in [4.78, 5) is 24.7. The molecule has 6 nitrogen and oxygen atoms in total. The molecule has 6 heteroatoms. The molecule has 28 heavy (non-hydrogen) atoms. The van der Waals surface area contributed by atoms with Crippen LogP contribution in [0.25, 0.3) is 0 Å². The Labute approximate surface area is 161 Å². The third-order valence-electron chi connectivity index (χ3n) is 3.92. The van der Waals surface area contributed by atoms with Crippen LogP contribution in [0.15, 0.2) is 72.8 Å². The van der Waals surface area contributed by atoms with Gasteiger partial charge < -0.3 is 19.7 Å². The fourth-order valence-electron chi connectivity index (χ4n) is 2.52. The summed E-state index contributed by atoms with van der Waals surface area (Å²) in [6.45, 7) is -0.325. The molecule has 0 aliphatic rings. The lowest BCUT2D eigenvalue weighted by Crippen LogP contribution is -2.12. The molecule has 0 radical (unpaired) electrons. The smallest absolute Gasteiger partial charge is 0.343 e. The Morgan fingerprint density at radius 1 is 0.643 bits per heavy atom. The second-order valence-electron chi connectivity index (χ2n) is 5.97. The van der Waals surface area contributed by atoms with E-state index in [1.807, 2.05) is 0 Å². The lowest BCUT2D eigenvalue weighted by atomic mass is 10.1. The molecule has 0 saturated carbocycles. The summed E-state index contributed by atoms with van der Waals surface area (Å²) in [5, 5.41) is 18.3. The molecular formula is C22H18O6. The number of carbonyl (C=O) groups excluding carboxylic acids is 2. The molecule has 3 aromatic rings. The Morgan fingerprint density at radius 2 is 1.07 bits per heavy atom. The van der Waals surface area contributed by atoms with Crippen LogP contribution in [0.5, 0.6) is 11.5 Å². The second kappa shape index (κ2) is 8.94. The molecule has 0 aromatic heterocycles. The zero-order chi connectivity index (χ0) is 19.9. The van der Waals surface area contributed by atoms with Gasteiger partial charge in [-0.3, -0.25) is 0 Å². The van der Waals surface area contributed by atoms with Crippen LogP contribution in [0.4, 0.5) is 0 Å². The third-order valence-corrected chi connectivity index (χ3v) is 3.92. The number of hydrogen-bond acceptors (Lipinski definition) is 6. The Hall–Kier alpha value is -3.48. The molecule has 142 valence electrons. The predicted molar refractivity (Wildman–Crippen MR) is 101 cm³/mol. The molecule has 0 atom stereocenters. The molecule has 0 spiro atoms. The standard InChI is InChI=1S/C22H18O6/c23-13-15-4-1-8-19(10-15)27-21(25)17-6-3-7-18(12-17)22(26)28-20-9-2-5-16(11-20)14-24/h1-12,23-24H,13-14H2. The van der Waals surface area contributed by atoms with Crippen LogP contribution < -0.4 is 9.47 Å². The summed E-state index contributed by atoms with van der Waals surface area (Å²) >= 11 is 0. The van der Waals surface area contributed by atoms with Crippen molar-refractivity contribution < 1.29 is 29.3 Å². The van der Waals surface area contributed by atoms with Crippen LogP contribution in [-0.2, 0) is 13.2 Å². The van der Waals surface area contributed by atoms with Crippen molar-refractivity contribution in [1.29, 1.82) is 0 Å². The number of rotatable bonds is 6. The molecule has 2 N–H and O–H groups in total. The second-order valence-corrected chi connectivity index (χ2v) is 5.97. The van der Waals surface area contributed by atoms with Gasteiger partial charge in [0.15, 0.2) is 0 Å². The van der Waals surface area contributed by atoms with Gasteiger partial charge in [0.1, 0.15) is 11.5 Å². The van der Waals surface area contributed by atoms with Crippen molar-refractivity contribution in [2.24, 2.45) is 0 Å². The van der Waals surface area contributed by atoms with Crippen LogP contribution in [0.1, 0.15) is 31.8 Å². The first-order valence-electron chi connectivity index (χ1n) is 8.53. The number of aliphatic hydroxyl groups excluding tert-OH is 2. The van der Waals surface area contributed by atoms with E-state index >= 15 is 0 Å². The molecule has 3 rings (SSSR count). The SMILES string of the molecule is O=C(Oc1cccc(CO)c1)c1cccc(C(=O)Oc2cccc(CO)c2)c1. The summed E-state index contributed by atoms with van der Waals surface area (Å²) < 4.78 is 10.6. The van der Waals surface area contributed by atoms with Gasteiger partial charge >= 0.3 is 11.9 Å². The van der Waals surface area contributed by atoms with Gasteiger partial charge in [-0.1, -0.05) is 30.3 Å². The van der Waals surface area contributed by atoms with Gasteiger partial charge in [-0.05, 0) is 53.6 Å². The minimum absolute atomic E-state index is 0.163. The van der Waals surface area contributed by atoms with Gasteiger partial charge in [-0.25, -0.2) is 9.59 Å². The van der Waals surface area contributed by atoms with Crippen LogP contribution in [0.3, 0.4) is 0 Å². The zero-order valence-electron chi connectivity index (χ0n) is 14.9. The summed E-state index contributed by atoms with van der Waals surface area (Å²) in [7, 11) is 0. The molecule has 0 aliphatic carbocycles. The molecule has 0 heterocycles. The Bertz CT molecular complexity index is 919. The van der Waals surface area contributed by atoms with Crippen molar-refractivity contribution in [2.75, 3.05) is 0 Å². The fourth-order valence-corrected chi connectivity index (χ4v) is 2.52. The first kappa shape index (κ1) is 19.3. The number of ether oxygens (including phenoxy) is 2. The highest BCUT2D eigenvalue weighted by molar-refractivity contribution is 5.96. The highest BCUT2D eigenvalue weighted by atomic mass is 16.5. The number of carbonyl (C=O) groups is 2. The number of benzene rings is 3. The van der Waals surface area contributed by atoms with E-state index in [2.05, 4.69) is 0 Å². The van der Waals surface area contributed by atoms with Crippen molar-refractivity contribution in [3.63, 3.8) is 0 Å². The maximum atomic E-state index is 12.4. The maximum absolute atomic E-state index is 12.4. The van der Waals surface area contributed by atoms with Crippen LogP contribution in [0, 0.1) is 0 Å². The molecule has 0 amide bonds. The van der Waals surface area contributed by atoms with Crippen molar-refractivity contribution >= 4 is 11.9 Å². The molecule has 0 aliphatic heterocycles. The van der Waals surface area contributed by atoms with Crippen molar-refractivity contribution in [3.8, 4) is 11.5 Å². The molecule has 0 fully saturated rings. The van der Waals surface area contributed by atoms with Crippen LogP contribution in [0.2, 0.25) is 0 Å². The number of hydrogen-bond donors (Lipinski definition) is 2. The fraction of sp³-hybridized carbons (Fsp3) is 0.0909. The first-order chi connectivity index (χ1) is 13.6. The van der Waals surface area contributed by atoms with E-state index in [4.69, 9.17) is 19.7 Å². The van der Waals surface area contributed by atoms with Crippen molar-refractivity contribution in [3.05, 3.63) is 95.1 Å². The summed E-state index contributed by atoms with van der Waals surface area (Å²) in [6.07, 6.45) is 0. The molecule has 0 saturated heterocycles. The minimum Gasteiger partial charge on any atom is -0.423 e. The van der Waals surface area contributed by atoms with Crippen molar-refractivity contribution in [2.45, 2.75) is 13.2 Å². The van der Waals surface area contributed by atoms with Gasteiger partial charge in [0.25, 0.3) is 0 Å². The van der Waals surface area contributed by atoms with E-state index in [-0.39, 0.29) is 24.3 Å². The number of esters is 2.